The van der Waals surface area contributed by atoms with Crippen molar-refractivity contribution in [3.63, 3.8) is 0 Å². The predicted octanol–water partition coefficient (Wildman–Crippen LogP) is 1.50. The first-order valence-corrected chi connectivity index (χ1v) is 1.94. The molecule has 0 radical (unpaired) electrons. The van der Waals surface area contributed by atoms with Gasteiger partial charge in [-0.2, -0.15) is 0 Å². The van der Waals surface area contributed by atoms with Gasteiger partial charge in [-0.3, -0.25) is 0 Å². The first kappa shape index (κ1) is 9.35. The van der Waals surface area contributed by atoms with Gasteiger partial charge in [-0.1, -0.05) is 21.3 Å². The summed E-state index contributed by atoms with van der Waals surface area (Å²) >= 11 is 0. The van der Waals surface area contributed by atoms with Crippen LogP contribution in [0.3, 0.4) is 0 Å². The van der Waals surface area contributed by atoms with E-state index in [-0.39, 0.29) is 8.85 Å². The molecule has 0 amide bonds. The summed E-state index contributed by atoms with van der Waals surface area (Å²) in [4.78, 5) is 0. The number of hydrogen-bond acceptors (Lipinski definition) is 1. The largest absolute Gasteiger partial charge is 0.318 e. The lowest BCUT2D eigenvalue weighted by Crippen LogP contribution is -2.15. The Hall–Kier alpha value is -0.0400. The monoisotopic (exact) mass is 93.1 g/mol. The SMILES string of the molecule is C.CNC(C)C.[3HH]. The van der Waals surface area contributed by atoms with Crippen molar-refractivity contribution >= 4 is 0 Å². The van der Waals surface area contributed by atoms with Crippen LogP contribution in [0.4, 0.5) is 0 Å². The number of nitrogens with one attached hydrogen (secondary N) is 1. The van der Waals surface area contributed by atoms with E-state index in [1.807, 2.05) is 7.05 Å². The molecule has 0 fully saturated rings. The third-order valence-corrected chi connectivity index (χ3v) is 0.577. The lowest BCUT2D eigenvalue weighted by molar-refractivity contribution is 0.668. The van der Waals surface area contributed by atoms with Crippen molar-refractivity contribution in [3.05, 3.63) is 0 Å². The van der Waals surface area contributed by atoms with Gasteiger partial charge in [-0.05, 0) is 7.05 Å². The summed E-state index contributed by atoms with van der Waals surface area (Å²) < 4.78 is 0. The third kappa shape index (κ3) is 9.03. The van der Waals surface area contributed by atoms with Crippen LogP contribution in [0.2, 0.25) is 0 Å². The molecule has 42 valence electrons. The highest BCUT2D eigenvalue weighted by molar-refractivity contribution is 4.40. The van der Waals surface area contributed by atoms with Crippen molar-refractivity contribution in [2.45, 2.75) is 27.3 Å². The Bertz CT molecular complexity index is 22.0. The third-order valence-electron chi connectivity index (χ3n) is 0.577. The van der Waals surface area contributed by atoms with Crippen LogP contribution in [0.1, 0.15) is 22.7 Å². The summed E-state index contributed by atoms with van der Waals surface area (Å²) in [5.74, 6) is 0. The fraction of sp³-hybridized carbons (Fsp3) is 1.00. The second-order valence-electron chi connectivity index (χ2n) is 1.44. The van der Waals surface area contributed by atoms with Crippen LogP contribution in [0.5, 0.6) is 0 Å². The van der Waals surface area contributed by atoms with Crippen LogP contribution >= 0.6 is 0 Å². The average molecular weight is 93.2 g/mol. The van der Waals surface area contributed by atoms with E-state index < -0.39 is 0 Å². The molecular weight excluding hydrogens is 74.1 g/mol. The topological polar surface area (TPSA) is 12.0 Å². The molecule has 0 aromatic carbocycles. The molecule has 1 N–H and O–H groups in total. The second kappa shape index (κ2) is 4.96. The number of rotatable bonds is 1. The summed E-state index contributed by atoms with van der Waals surface area (Å²) in [6, 6.07) is 0.634. The van der Waals surface area contributed by atoms with Crippen LogP contribution in [0.25, 0.3) is 0 Å². The van der Waals surface area contributed by atoms with Gasteiger partial charge in [0.15, 0.2) is 0 Å². The van der Waals surface area contributed by atoms with E-state index >= 15 is 0 Å². The van der Waals surface area contributed by atoms with Gasteiger partial charge in [0, 0.05) is 7.47 Å². The zero-order valence-electron chi connectivity index (χ0n) is 4.08. The minimum atomic E-state index is 0. The predicted molar refractivity (Wildman–Crippen MR) is 33.0 cm³/mol. The Morgan fingerprint density at radius 1 is 1.50 bits per heavy atom. The number of hydrogen-bond donors (Lipinski definition) is 1. The molecule has 0 unspecified atom stereocenters. The van der Waals surface area contributed by atoms with Crippen LogP contribution in [-0.4, -0.2) is 13.1 Å². The van der Waals surface area contributed by atoms with E-state index in [1.165, 1.54) is 0 Å². The Morgan fingerprint density at radius 3 is 1.67 bits per heavy atom. The van der Waals surface area contributed by atoms with Gasteiger partial charge in [-0.25, -0.2) is 0 Å². The first-order valence-electron chi connectivity index (χ1n) is 1.94. The highest BCUT2D eigenvalue weighted by atomic mass is 14.8. The molecule has 0 saturated carbocycles. The van der Waals surface area contributed by atoms with Gasteiger partial charge in [0.25, 0.3) is 0 Å². The van der Waals surface area contributed by atoms with Crippen molar-refractivity contribution < 1.29 is 1.43 Å². The molecule has 1 nitrogen and oxygen atoms in total. The molecule has 0 aromatic heterocycles. The van der Waals surface area contributed by atoms with Gasteiger partial charge in [0.1, 0.15) is 0 Å². The molecule has 0 spiro atoms. The molecule has 0 aliphatic carbocycles. The summed E-state index contributed by atoms with van der Waals surface area (Å²) in [5, 5.41) is 3.03. The quantitative estimate of drug-likeness (QED) is 0.518. The van der Waals surface area contributed by atoms with Crippen molar-refractivity contribution in [1.82, 2.24) is 5.32 Å². The van der Waals surface area contributed by atoms with Crippen LogP contribution in [0, 0.1) is 0 Å². The first-order chi connectivity index (χ1) is 2.27. The highest BCUT2D eigenvalue weighted by Gasteiger charge is 1.76. The fourth-order valence-electron chi connectivity index (χ4n) is 0. The molecule has 0 heterocycles. The highest BCUT2D eigenvalue weighted by Crippen LogP contribution is 1.66. The zero-order chi connectivity index (χ0) is 4.28. The molecule has 0 bridgehead atoms. The lowest BCUT2D eigenvalue weighted by Gasteiger charge is -1.95. The van der Waals surface area contributed by atoms with Crippen LogP contribution in [0.15, 0.2) is 0 Å². The van der Waals surface area contributed by atoms with E-state index in [0.717, 1.165) is 0 Å². The Balaban J connectivity index is -0.0000000800. The second-order valence-corrected chi connectivity index (χ2v) is 1.44. The smallest absolute Gasteiger partial charge is 0.000733 e. The molecule has 1 heteroatoms. The fourth-order valence-corrected chi connectivity index (χ4v) is 0. The Morgan fingerprint density at radius 2 is 1.67 bits per heavy atom. The van der Waals surface area contributed by atoms with E-state index in [4.69, 9.17) is 0 Å². The summed E-state index contributed by atoms with van der Waals surface area (Å²) in [7, 11) is 1.95. The minimum Gasteiger partial charge on any atom is -0.318 e. The maximum atomic E-state index is 3.03. The standard InChI is InChI=1S/C4H11N.CH4.H2/c1-4(2)5-3;;/h4-5H,1-3H3;1H4;1H/i;;1+2. The van der Waals surface area contributed by atoms with Gasteiger partial charge in [0.05, 0.1) is 0 Å². The normalized spacial score (nSPS) is 8.00. The summed E-state index contributed by atoms with van der Waals surface area (Å²) in [5.41, 5.74) is 0. The molecule has 0 aliphatic heterocycles. The van der Waals surface area contributed by atoms with Gasteiger partial charge in [-0.15, -0.1) is 0 Å². The minimum absolute atomic E-state index is 0. The van der Waals surface area contributed by atoms with Crippen molar-refractivity contribution in [2.75, 3.05) is 7.05 Å². The summed E-state index contributed by atoms with van der Waals surface area (Å²) in [6.45, 7) is 4.22. The summed E-state index contributed by atoms with van der Waals surface area (Å²) in [6.07, 6.45) is 0. The van der Waals surface area contributed by atoms with E-state index in [0.29, 0.717) is 6.04 Å². The van der Waals surface area contributed by atoms with Crippen molar-refractivity contribution in [2.24, 2.45) is 0 Å². The van der Waals surface area contributed by atoms with E-state index in [1.54, 1.807) is 0 Å². The molecule has 6 heavy (non-hydrogen) atoms. The lowest BCUT2D eigenvalue weighted by atomic mass is 10.4. The van der Waals surface area contributed by atoms with Crippen molar-refractivity contribution in [1.29, 1.82) is 0 Å². The molecule has 0 atom stereocenters. The van der Waals surface area contributed by atoms with Gasteiger partial charge < -0.3 is 5.32 Å². The molecule has 0 aliphatic rings. The maximum Gasteiger partial charge on any atom is 0.000733 e. The van der Waals surface area contributed by atoms with E-state index in [2.05, 4.69) is 19.2 Å². The zero-order valence-corrected chi connectivity index (χ0v) is 4.08. The van der Waals surface area contributed by atoms with Crippen LogP contribution < -0.4 is 5.32 Å². The van der Waals surface area contributed by atoms with Gasteiger partial charge in [0.2, 0.25) is 0 Å². The van der Waals surface area contributed by atoms with Crippen LogP contribution in [-0.2, 0) is 0 Å². The maximum absolute atomic E-state index is 3.03. The van der Waals surface area contributed by atoms with E-state index in [9.17, 15) is 0 Å². The van der Waals surface area contributed by atoms with Crippen molar-refractivity contribution in [3.8, 4) is 0 Å². The molecule has 0 rings (SSSR count). The average Bonchev–Trinajstić information content (AvgIpc) is 1.38. The Kier molecular flexibility index (Phi) is 7.73. The molecule has 0 aromatic rings. The molecular formula is C5H17N. The van der Waals surface area contributed by atoms with Gasteiger partial charge >= 0.3 is 0 Å². The Labute approximate surface area is 42.2 Å². The molecule has 0 saturated heterocycles.